The van der Waals surface area contributed by atoms with Crippen molar-refractivity contribution in [2.75, 3.05) is 5.32 Å². The Morgan fingerprint density at radius 3 is 2.72 bits per heavy atom. The Labute approximate surface area is 108 Å². The molecule has 0 aromatic heterocycles. The summed E-state index contributed by atoms with van der Waals surface area (Å²) in [5.74, 6) is 0.0869. The van der Waals surface area contributed by atoms with Crippen LogP contribution in [0.3, 0.4) is 0 Å². The molecule has 1 aromatic rings. The lowest BCUT2D eigenvalue weighted by atomic mass is 9.85. The highest BCUT2D eigenvalue weighted by atomic mass is 14.9. The summed E-state index contributed by atoms with van der Waals surface area (Å²) in [6, 6.07) is 10.4. The largest absolute Gasteiger partial charge is 0.381 e. The number of anilines is 1. The minimum absolute atomic E-state index is 0.0869. The summed E-state index contributed by atoms with van der Waals surface area (Å²) in [5, 5.41) is 21.5. The van der Waals surface area contributed by atoms with Crippen LogP contribution < -0.4 is 5.32 Å². The summed E-state index contributed by atoms with van der Waals surface area (Å²) in [6.45, 7) is 2.02. The molecule has 0 heterocycles. The molecule has 0 radical (unpaired) electrons. The molecule has 0 aliphatic heterocycles. The van der Waals surface area contributed by atoms with Crippen LogP contribution >= 0.6 is 0 Å². The first kappa shape index (κ1) is 12.5. The molecule has 1 N–H and O–H groups in total. The van der Waals surface area contributed by atoms with Crippen LogP contribution in [0.25, 0.3) is 0 Å². The van der Waals surface area contributed by atoms with Gasteiger partial charge in [0, 0.05) is 11.7 Å². The van der Waals surface area contributed by atoms with Gasteiger partial charge in [0.1, 0.15) is 0 Å². The molecule has 92 valence electrons. The van der Waals surface area contributed by atoms with Crippen LogP contribution in [-0.2, 0) is 0 Å². The summed E-state index contributed by atoms with van der Waals surface area (Å²) >= 11 is 0. The van der Waals surface area contributed by atoms with E-state index < -0.39 is 0 Å². The van der Waals surface area contributed by atoms with Gasteiger partial charge in [0.15, 0.2) is 0 Å². The predicted molar refractivity (Wildman–Crippen MR) is 70.9 cm³/mol. The van der Waals surface area contributed by atoms with Gasteiger partial charge in [-0.3, -0.25) is 0 Å². The fraction of sp³-hybridized carbons (Fsp3) is 0.467. The topological polar surface area (TPSA) is 59.6 Å². The van der Waals surface area contributed by atoms with Crippen LogP contribution in [0.2, 0.25) is 0 Å². The van der Waals surface area contributed by atoms with Crippen molar-refractivity contribution < 1.29 is 0 Å². The van der Waals surface area contributed by atoms with E-state index in [4.69, 9.17) is 10.5 Å². The van der Waals surface area contributed by atoms with E-state index in [-0.39, 0.29) is 12.0 Å². The number of rotatable bonds is 2. The van der Waals surface area contributed by atoms with Gasteiger partial charge in [0.25, 0.3) is 0 Å². The molecular weight excluding hydrogens is 222 g/mol. The maximum atomic E-state index is 9.17. The van der Waals surface area contributed by atoms with Gasteiger partial charge < -0.3 is 5.32 Å². The van der Waals surface area contributed by atoms with Crippen LogP contribution in [0, 0.1) is 35.5 Å². The van der Waals surface area contributed by atoms with Crippen LogP contribution in [-0.4, -0.2) is 6.04 Å². The van der Waals surface area contributed by atoms with Gasteiger partial charge in [-0.2, -0.15) is 10.5 Å². The molecular formula is C15H17N3. The minimum Gasteiger partial charge on any atom is -0.381 e. The first-order valence-electron chi connectivity index (χ1n) is 6.41. The lowest BCUT2D eigenvalue weighted by molar-refractivity contribution is 0.388. The highest BCUT2D eigenvalue weighted by Gasteiger charge is 2.25. The second kappa shape index (κ2) is 5.56. The van der Waals surface area contributed by atoms with Crippen LogP contribution in [0.5, 0.6) is 0 Å². The van der Waals surface area contributed by atoms with Crippen molar-refractivity contribution in [3.05, 3.63) is 29.3 Å². The zero-order chi connectivity index (χ0) is 13.0. The van der Waals surface area contributed by atoms with Gasteiger partial charge in [-0.1, -0.05) is 18.9 Å². The molecule has 1 aliphatic carbocycles. The second-order valence-corrected chi connectivity index (χ2v) is 4.91. The second-order valence-electron chi connectivity index (χ2n) is 4.91. The lowest BCUT2D eigenvalue weighted by Crippen LogP contribution is -2.31. The molecule has 0 amide bonds. The Bertz CT molecular complexity index is 507. The number of hydrogen-bond donors (Lipinski definition) is 1. The summed E-state index contributed by atoms with van der Waals surface area (Å²) in [5.41, 5.74) is 2.77. The molecule has 1 aromatic carbocycles. The third-order valence-corrected chi connectivity index (χ3v) is 3.64. The quantitative estimate of drug-likeness (QED) is 0.860. The molecule has 0 spiro atoms. The molecule has 1 fully saturated rings. The molecule has 3 nitrogen and oxygen atoms in total. The van der Waals surface area contributed by atoms with Crippen molar-refractivity contribution in [1.29, 1.82) is 10.5 Å². The smallest absolute Gasteiger partial charge is 0.0992 e. The molecule has 3 heteroatoms. The Morgan fingerprint density at radius 2 is 2.00 bits per heavy atom. The molecule has 18 heavy (non-hydrogen) atoms. The van der Waals surface area contributed by atoms with Crippen molar-refractivity contribution in [3.8, 4) is 12.1 Å². The average molecular weight is 239 g/mol. The number of hydrogen-bond acceptors (Lipinski definition) is 3. The number of benzene rings is 1. The van der Waals surface area contributed by atoms with Crippen molar-refractivity contribution in [2.45, 2.75) is 38.6 Å². The maximum absolute atomic E-state index is 9.17. The van der Waals surface area contributed by atoms with Crippen molar-refractivity contribution in [1.82, 2.24) is 0 Å². The standard InChI is InChI=1S/C15H17N3/c1-11-6-7-12(9-16)8-15(11)18-14-5-3-2-4-13(14)10-17/h6-8,13-14,18H,2-5H2,1H3. The molecule has 0 bridgehead atoms. The molecule has 1 aliphatic rings. The van der Waals surface area contributed by atoms with E-state index in [1.54, 1.807) is 0 Å². The van der Waals surface area contributed by atoms with E-state index in [2.05, 4.69) is 17.5 Å². The molecule has 1 saturated carbocycles. The van der Waals surface area contributed by atoms with Crippen molar-refractivity contribution >= 4 is 5.69 Å². The van der Waals surface area contributed by atoms with Crippen LogP contribution in [0.1, 0.15) is 36.8 Å². The third-order valence-electron chi connectivity index (χ3n) is 3.64. The van der Waals surface area contributed by atoms with Crippen molar-refractivity contribution in [3.63, 3.8) is 0 Å². The SMILES string of the molecule is Cc1ccc(C#N)cc1NC1CCCCC1C#N. The van der Waals surface area contributed by atoms with E-state index in [1.165, 1.54) is 6.42 Å². The Kier molecular flexibility index (Phi) is 3.85. The first-order valence-corrected chi connectivity index (χ1v) is 6.41. The lowest BCUT2D eigenvalue weighted by Gasteiger charge is -2.29. The number of nitriles is 2. The van der Waals surface area contributed by atoms with Gasteiger partial charge in [0.05, 0.1) is 23.6 Å². The zero-order valence-electron chi connectivity index (χ0n) is 10.6. The van der Waals surface area contributed by atoms with Crippen LogP contribution in [0.15, 0.2) is 18.2 Å². The average Bonchev–Trinajstić information content (AvgIpc) is 2.42. The minimum atomic E-state index is 0.0869. The summed E-state index contributed by atoms with van der Waals surface area (Å²) in [7, 11) is 0. The van der Waals surface area contributed by atoms with Gasteiger partial charge in [0.2, 0.25) is 0 Å². The number of nitrogens with zero attached hydrogens (tertiary/aromatic N) is 2. The van der Waals surface area contributed by atoms with Gasteiger partial charge >= 0.3 is 0 Å². The zero-order valence-corrected chi connectivity index (χ0v) is 10.6. The molecule has 2 unspecified atom stereocenters. The van der Waals surface area contributed by atoms with Crippen molar-refractivity contribution in [2.24, 2.45) is 5.92 Å². The molecule has 2 atom stereocenters. The molecule has 0 saturated heterocycles. The predicted octanol–water partition coefficient (Wildman–Crippen LogP) is 3.36. The fourth-order valence-corrected chi connectivity index (χ4v) is 2.50. The fourth-order valence-electron chi connectivity index (χ4n) is 2.50. The van der Waals surface area contributed by atoms with E-state index in [9.17, 15) is 0 Å². The Hall–Kier alpha value is -2.00. The van der Waals surface area contributed by atoms with E-state index in [0.717, 1.165) is 30.5 Å². The van der Waals surface area contributed by atoms with Gasteiger partial charge in [-0.15, -0.1) is 0 Å². The van der Waals surface area contributed by atoms with Crippen LogP contribution in [0.4, 0.5) is 5.69 Å². The summed E-state index contributed by atoms with van der Waals surface area (Å²) in [4.78, 5) is 0. The third kappa shape index (κ3) is 2.63. The molecule has 2 rings (SSSR count). The Balaban J connectivity index is 2.18. The summed E-state index contributed by atoms with van der Waals surface area (Å²) < 4.78 is 0. The maximum Gasteiger partial charge on any atom is 0.0992 e. The number of nitrogens with one attached hydrogen (secondary N) is 1. The first-order chi connectivity index (χ1) is 8.74. The van der Waals surface area contributed by atoms with E-state index >= 15 is 0 Å². The van der Waals surface area contributed by atoms with E-state index in [0.29, 0.717) is 5.56 Å². The van der Waals surface area contributed by atoms with Gasteiger partial charge in [-0.25, -0.2) is 0 Å². The normalized spacial score (nSPS) is 22.8. The Morgan fingerprint density at radius 1 is 1.22 bits per heavy atom. The number of aryl methyl sites for hydroxylation is 1. The highest BCUT2D eigenvalue weighted by Crippen LogP contribution is 2.28. The highest BCUT2D eigenvalue weighted by molar-refractivity contribution is 5.55. The summed E-state index contributed by atoms with van der Waals surface area (Å²) in [6.07, 6.45) is 4.33. The van der Waals surface area contributed by atoms with E-state index in [1.807, 2.05) is 25.1 Å². The monoisotopic (exact) mass is 239 g/mol. The van der Waals surface area contributed by atoms with Gasteiger partial charge in [-0.05, 0) is 37.5 Å².